The maximum atomic E-state index is 4.55. The van der Waals surface area contributed by atoms with Crippen LogP contribution in [0.4, 0.5) is 0 Å². The van der Waals surface area contributed by atoms with E-state index in [4.69, 9.17) is 0 Å². The molecule has 82 valence electrons. The van der Waals surface area contributed by atoms with Gasteiger partial charge in [-0.3, -0.25) is 4.99 Å². The van der Waals surface area contributed by atoms with Crippen molar-refractivity contribution in [2.24, 2.45) is 4.99 Å². The molecule has 0 radical (unpaired) electrons. The Kier molecular flexibility index (Phi) is 3.33. The van der Waals surface area contributed by atoms with Gasteiger partial charge < -0.3 is 0 Å². The van der Waals surface area contributed by atoms with Crippen molar-refractivity contribution in [2.45, 2.75) is 47.1 Å². The van der Waals surface area contributed by atoms with E-state index in [0.29, 0.717) is 0 Å². The quantitative estimate of drug-likeness (QED) is 0.615. The molecule has 0 amide bonds. The summed E-state index contributed by atoms with van der Waals surface area (Å²) in [6.07, 6.45) is 2.00. The highest BCUT2D eigenvalue weighted by molar-refractivity contribution is 5.84. The van der Waals surface area contributed by atoms with Gasteiger partial charge in [0.15, 0.2) is 0 Å². The van der Waals surface area contributed by atoms with Crippen LogP contribution in [0.1, 0.15) is 43.0 Å². The second kappa shape index (κ2) is 4.18. The summed E-state index contributed by atoms with van der Waals surface area (Å²) in [5, 5.41) is 0. The number of aryl methyl sites for hydroxylation is 3. The van der Waals surface area contributed by atoms with Crippen molar-refractivity contribution >= 4 is 6.21 Å². The van der Waals surface area contributed by atoms with Crippen LogP contribution in [0.25, 0.3) is 0 Å². The van der Waals surface area contributed by atoms with Crippen molar-refractivity contribution in [1.29, 1.82) is 0 Å². The fourth-order valence-corrected chi connectivity index (χ4v) is 1.65. The van der Waals surface area contributed by atoms with Crippen LogP contribution in [-0.4, -0.2) is 11.8 Å². The monoisotopic (exact) mass is 203 g/mol. The zero-order chi connectivity index (χ0) is 11.6. The van der Waals surface area contributed by atoms with Gasteiger partial charge >= 0.3 is 0 Å². The van der Waals surface area contributed by atoms with Crippen molar-refractivity contribution in [2.75, 3.05) is 0 Å². The highest BCUT2D eigenvalue weighted by Gasteiger charge is 2.06. The minimum atomic E-state index is 0.00374. The summed E-state index contributed by atoms with van der Waals surface area (Å²) in [5.41, 5.74) is 5.19. The second-order valence-electron chi connectivity index (χ2n) is 5.24. The summed E-state index contributed by atoms with van der Waals surface area (Å²) in [7, 11) is 0. The molecule has 0 aliphatic carbocycles. The van der Waals surface area contributed by atoms with E-state index in [1.807, 2.05) is 6.21 Å². The minimum absolute atomic E-state index is 0.00374. The largest absolute Gasteiger partial charge is 0.287 e. The van der Waals surface area contributed by atoms with Crippen LogP contribution < -0.4 is 0 Å². The Balaban J connectivity index is 3.11. The summed E-state index contributed by atoms with van der Waals surface area (Å²) in [6.45, 7) is 12.8. The van der Waals surface area contributed by atoms with Gasteiger partial charge in [-0.15, -0.1) is 0 Å². The number of rotatable bonds is 1. The molecule has 1 nitrogen and oxygen atoms in total. The van der Waals surface area contributed by atoms with Crippen molar-refractivity contribution in [3.63, 3.8) is 0 Å². The van der Waals surface area contributed by atoms with Crippen LogP contribution in [0.2, 0.25) is 0 Å². The summed E-state index contributed by atoms with van der Waals surface area (Å²) < 4.78 is 0. The van der Waals surface area contributed by atoms with E-state index in [2.05, 4.69) is 58.7 Å². The summed E-state index contributed by atoms with van der Waals surface area (Å²) in [5.74, 6) is 0. The first-order chi connectivity index (χ1) is 6.79. The van der Waals surface area contributed by atoms with Gasteiger partial charge in [0.25, 0.3) is 0 Å². The zero-order valence-electron chi connectivity index (χ0n) is 10.7. The number of nitrogens with zero attached hydrogens (tertiary/aromatic N) is 1. The van der Waals surface area contributed by atoms with Gasteiger partial charge in [-0.25, -0.2) is 0 Å². The molecule has 0 saturated heterocycles. The molecule has 0 bridgehead atoms. The molecule has 0 fully saturated rings. The first kappa shape index (κ1) is 12.0. The van der Waals surface area contributed by atoms with Crippen molar-refractivity contribution < 1.29 is 0 Å². The molecular weight excluding hydrogens is 182 g/mol. The van der Waals surface area contributed by atoms with Crippen molar-refractivity contribution in [3.05, 3.63) is 34.4 Å². The van der Waals surface area contributed by atoms with Gasteiger partial charge in [-0.2, -0.15) is 0 Å². The summed E-state index contributed by atoms with van der Waals surface area (Å²) in [4.78, 5) is 4.55. The molecule has 0 heterocycles. The van der Waals surface area contributed by atoms with Crippen LogP contribution in [0.3, 0.4) is 0 Å². The van der Waals surface area contributed by atoms with Gasteiger partial charge in [-0.1, -0.05) is 17.7 Å². The molecule has 0 N–H and O–H groups in total. The standard InChI is InChI=1S/C14H21N/c1-10-7-11(2)13(12(3)8-10)9-15-14(4,5)6/h7-9H,1-6H3. The van der Waals surface area contributed by atoms with E-state index in [1.165, 1.54) is 22.3 Å². The van der Waals surface area contributed by atoms with E-state index < -0.39 is 0 Å². The molecule has 1 aromatic carbocycles. The molecule has 0 aliphatic heterocycles. The third-order valence-corrected chi connectivity index (χ3v) is 2.32. The third-order valence-electron chi connectivity index (χ3n) is 2.32. The van der Waals surface area contributed by atoms with Crippen molar-refractivity contribution in [3.8, 4) is 0 Å². The number of aliphatic imine (C=N–C) groups is 1. The molecular formula is C14H21N. The molecule has 1 heteroatoms. The van der Waals surface area contributed by atoms with Gasteiger partial charge in [0, 0.05) is 6.21 Å². The number of hydrogen-bond acceptors (Lipinski definition) is 1. The van der Waals surface area contributed by atoms with Gasteiger partial charge in [-0.05, 0) is 58.2 Å². The predicted molar refractivity (Wildman–Crippen MR) is 68.0 cm³/mol. The van der Waals surface area contributed by atoms with Crippen LogP contribution in [-0.2, 0) is 0 Å². The Morgan fingerprint density at radius 1 is 1.00 bits per heavy atom. The van der Waals surface area contributed by atoms with E-state index in [0.717, 1.165) is 0 Å². The average Bonchev–Trinajstić information content (AvgIpc) is 1.99. The second-order valence-corrected chi connectivity index (χ2v) is 5.24. The molecule has 0 saturated carbocycles. The lowest BCUT2D eigenvalue weighted by Gasteiger charge is -2.13. The van der Waals surface area contributed by atoms with Gasteiger partial charge in [0.2, 0.25) is 0 Å². The van der Waals surface area contributed by atoms with Gasteiger partial charge in [0.1, 0.15) is 0 Å². The van der Waals surface area contributed by atoms with Gasteiger partial charge in [0.05, 0.1) is 5.54 Å². The zero-order valence-corrected chi connectivity index (χ0v) is 10.7. The van der Waals surface area contributed by atoms with Crippen molar-refractivity contribution in [1.82, 2.24) is 0 Å². The van der Waals surface area contributed by atoms with Crippen LogP contribution in [0, 0.1) is 20.8 Å². The molecule has 0 atom stereocenters. The highest BCUT2D eigenvalue weighted by Crippen LogP contribution is 2.15. The Morgan fingerprint density at radius 3 is 1.87 bits per heavy atom. The smallest absolute Gasteiger partial charge is 0.0524 e. The maximum absolute atomic E-state index is 4.55. The maximum Gasteiger partial charge on any atom is 0.0524 e. The Hall–Kier alpha value is -1.11. The minimum Gasteiger partial charge on any atom is -0.287 e. The topological polar surface area (TPSA) is 12.4 Å². The molecule has 0 unspecified atom stereocenters. The summed E-state index contributed by atoms with van der Waals surface area (Å²) in [6, 6.07) is 4.41. The molecule has 0 aromatic heterocycles. The summed E-state index contributed by atoms with van der Waals surface area (Å²) >= 11 is 0. The molecule has 0 spiro atoms. The number of benzene rings is 1. The molecule has 0 aliphatic rings. The fourth-order valence-electron chi connectivity index (χ4n) is 1.65. The van der Waals surface area contributed by atoms with E-state index >= 15 is 0 Å². The van der Waals surface area contributed by atoms with E-state index in [9.17, 15) is 0 Å². The SMILES string of the molecule is Cc1cc(C)c(C=NC(C)(C)C)c(C)c1. The van der Waals surface area contributed by atoms with Crippen LogP contribution in [0.5, 0.6) is 0 Å². The molecule has 1 aromatic rings. The Morgan fingerprint density at radius 2 is 1.47 bits per heavy atom. The van der Waals surface area contributed by atoms with Crippen LogP contribution in [0.15, 0.2) is 17.1 Å². The third kappa shape index (κ3) is 3.50. The molecule has 15 heavy (non-hydrogen) atoms. The Labute approximate surface area is 93.2 Å². The normalized spacial score (nSPS) is 12.4. The lowest BCUT2D eigenvalue weighted by Crippen LogP contribution is -2.10. The first-order valence-electron chi connectivity index (χ1n) is 5.43. The Bertz CT molecular complexity index is 358. The average molecular weight is 203 g/mol. The predicted octanol–water partition coefficient (Wildman–Crippen LogP) is 3.83. The fraction of sp³-hybridized carbons (Fsp3) is 0.500. The van der Waals surface area contributed by atoms with E-state index in [1.54, 1.807) is 0 Å². The van der Waals surface area contributed by atoms with Crippen LogP contribution >= 0.6 is 0 Å². The number of hydrogen-bond donors (Lipinski definition) is 0. The lowest BCUT2D eigenvalue weighted by molar-refractivity contribution is 0.586. The first-order valence-corrected chi connectivity index (χ1v) is 5.43. The highest BCUT2D eigenvalue weighted by atomic mass is 14.8. The lowest BCUT2D eigenvalue weighted by atomic mass is 10.0. The van der Waals surface area contributed by atoms with E-state index in [-0.39, 0.29) is 5.54 Å². The molecule has 1 rings (SSSR count).